The molecule has 19 heavy (non-hydrogen) atoms. The van der Waals surface area contributed by atoms with Gasteiger partial charge in [0, 0.05) is 21.7 Å². The lowest BCUT2D eigenvalue weighted by Crippen LogP contribution is -2.11. The second-order valence-corrected chi connectivity index (χ2v) is 6.66. The Bertz CT molecular complexity index is 694. The molecule has 4 N–H and O–H groups in total. The van der Waals surface area contributed by atoms with Crippen LogP contribution in [-0.4, -0.2) is 21.7 Å². The van der Waals surface area contributed by atoms with Crippen LogP contribution >= 0.6 is 23.1 Å². The number of pyridine rings is 1. The summed E-state index contributed by atoms with van der Waals surface area (Å²) in [5.74, 6) is -0.0620. The third-order valence-corrected chi connectivity index (χ3v) is 5.27. The van der Waals surface area contributed by atoms with E-state index in [2.05, 4.69) is 16.9 Å². The minimum atomic E-state index is -0.483. The number of thiophene rings is 1. The lowest BCUT2D eigenvalue weighted by molar-refractivity contribution is 0.100. The molecular weight excluding hydrogens is 280 g/mol. The number of fused-ring (bicyclic) bond motifs is 1. The van der Waals surface area contributed by atoms with Crippen molar-refractivity contribution in [3.8, 4) is 0 Å². The minimum Gasteiger partial charge on any atom is -0.383 e. The zero-order chi connectivity index (χ0) is 13.6. The summed E-state index contributed by atoms with van der Waals surface area (Å²) in [4.78, 5) is 21.0. The van der Waals surface area contributed by atoms with E-state index in [4.69, 9.17) is 11.5 Å². The minimum absolute atomic E-state index is 0.113. The third kappa shape index (κ3) is 1.98. The number of hydrogen-bond acceptors (Lipinski definition) is 6. The summed E-state index contributed by atoms with van der Waals surface area (Å²) in [5, 5.41) is 1.18. The molecule has 0 saturated carbocycles. The van der Waals surface area contributed by atoms with Gasteiger partial charge in [0.25, 0.3) is 5.91 Å². The molecular formula is C12H12N4OS2. The van der Waals surface area contributed by atoms with Crippen LogP contribution in [0.5, 0.6) is 0 Å². The standard InChI is InChI=1S/C12H12N4OS2/c1-5-9(16-4-18-5)8-2-6-10(19-8)7(12(14)17)3-15-11(6)13/h2-5,9H,1H3,(H2,13,15)(H2,14,17). The Morgan fingerprint density at radius 1 is 1.47 bits per heavy atom. The maximum Gasteiger partial charge on any atom is 0.251 e. The number of rotatable bonds is 2. The Hall–Kier alpha value is -1.60. The molecule has 2 aromatic rings. The van der Waals surface area contributed by atoms with Gasteiger partial charge in [0.15, 0.2) is 0 Å². The molecule has 0 radical (unpaired) electrons. The molecule has 0 aromatic carbocycles. The van der Waals surface area contributed by atoms with Crippen LogP contribution in [0.4, 0.5) is 5.82 Å². The number of carbonyl (C=O) groups is 1. The van der Waals surface area contributed by atoms with Gasteiger partial charge >= 0.3 is 0 Å². The first-order valence-corrected chi connectivity index (χ1v) is 7.48. The van der Waals surface area contributed by atoms with Crippen LogP contribution in [0.25, 0.3) is 10.1 Å². The van der Waals surface area contributed by atoms with Gasteiger partial charge in [-0.3, -0.25) is 9.79 Å². The second-order valence-electron chi connectivity index (χ2n) is 4.35. The third-order valence-electron chi connectivity index (χ3n) is 3.10. The molecule has 2 unspecified atom stereocenters. The number of aliphatic imine (C=N–C) groups is 1. The van der Waals surface area contributed by atoms with E-state index in [9.17, 15) is 4.79 Å². The van der Waals surface area contributed by atoms with Crippen molar-refractivity contribution in [2.45, 2.75) is 18.2 Å². The van der Waals surface area contributed by atoms with Crippen molar-refractivity contribution in [1.82, 2.24) is 4.98 Å². The van der Waals surface area contributed by atoms with Crippen molar-refractivity contribution in [2.75, 3.05) is 5.73 Å². The number of primary amides is 1. The van der Waals surface area contributed by atoms with Crippen molar-refractivity contribution in [1.29, 1.82) is 0 Å². The number of nitrogen functional groups attached to an aromatic ring is 1. The van der Waals surface area contributed by atoms with E-state index in [0.29, 0.717) is 16.6 Å². The average Bonchev–Trinajstić information content (AvgIpc) is 2.95. The number of carbonyl (C=O) groups excluding carboxylic acids is 1. The fraction of sp³-hybridized carbons (Fsp3) is 0.250. The van der Waals surface area contributed by atoms with E-state index in [1.54, 1.807) is 11.8 Å². The normalized spacial score (nSPS) is 22.2. The van der Waals surface area contributed by atoms with E-state index in [1.807, 2.05) is 11.6 Å². The van der Waals surface area contributed by atoms with Crippen molar-refractivity contribution in [3.05, 3.63) is 22.7 Å². The highest BCUT2D eigenvalue weighted by Gasteiger charge is 2.25. The Kier molecular flexibility index (Phi) is 2.94. The molecule has 1 aliphatic heterocycles. The quantitative estimate of drug-likeness (QED) is 0.887. The van der Waals surface area contributed by atoms with Crippen LogP contribution in [0.1, 0.15) is 28.2 Å². The summed E-state index contributed by atoms with van der Waals surface area (Å²) >= 11 is 3.22. The molecule has 5 nitrogen and oxygen atoms in total. The molecule has 0 spiro atoms. The highest BCUT2D eigenvalue weighted by atomic mass is 32.2. The first-order valence-electron chi connectivity index (χ1n) is 5.72. The van der Waals surface area contributed by atoms with Crippen molar-refractivity contribution in [3.63, 3.8) is 0 Å². The molecule has 98 valence electrons. The number of hydrogen-bond donors (Lipinski definition) is 2. The van der Waals surface area contributed by atoms with Crippen LogP contribution in [0, 0.1) is 0 Å². The summed E-state index contributed by atoms with van der Waals surface area (Å²) in [6.45, 7) is 2.13. The van der Waals surface area contributed by atoms with Gasteiger partial charge in [0.1, 0.15) is 5.82 Å². The average molecular weight is 292 g/mol. The van der Waals surface area contributed by atoms with Gasteiger partial charge in [0.2, 0.25) is 0 Å². The van der Waals surface area contributed by atoms with Crippen LogP contribution in [-0.2, 0) is 0 Å². The molecule has 3 rings (SSSR count). The SMILES string of the molecule is CC1SC=NC1c1cc2c(N)ncc(C(N)=O)c2s1. The van der Waals surface area contributed by atoms with Gasteiger partial charge in [-0.1, -0.05) is 6.92 Å². The molecule has 7 heteroatoms. The lowest BCUT2D eigenvalue weighted by Gasteiger charge is -2.09. The topological polar surface area (TPSA) is 94.4 Å². The molecule has 2 aromatic heterocycles. The van der Waals surface area contributed by atoms with Gasteiger partial charge in [-0.2, -0.15) is 0 Å². The highest BCUT2D eigenvalue weighted by Crippen LogP contribution is 2.41. The zero-order valence-corrected chi connectivity index (χ0v) is 11.8. The molecule has 0 bridgehead atoms. The van der Waals surface area contributed by atoms with E-state index >= 15 is 0 Å². The molecule has 2 atom stereocenters. The molecule has 1 aliphatic rings. The Morgan fingerprint density at radius 2 is 2.26 bits per heavy atom. The van der Waals surface area contributed by atoms with Gasteiger partial charge < -0.3 is 11.5 Å². The van der Waals surface area contributed by atoms with Crippen molar-refractivity contribution in [2.24, 2.45) is 10.7 Å². The summed E-state index contributed by atoms with van der Waals surface area (Å²) in [7, 11) is 0. The zero-order valence-electron chi connectivity index (χ0n) is 10.2. The fourth-order valence-corrected chi connectivity index (χ4v) is 4.26. The lowest BCUT2D eigenvalue weighted by atomic mass is 10.1. The predicted octanol–water partition coefficient (Wildman–Crippen LogP) is 2.18. The number of amides is 1. The van der Waals surface area contributed by atoms with Gasteiger partial charge in [-0.25, -0.2) is 4.98 Å². The van der Waals surface area contributed by atoms with E-state index in [1.165, 1.54) is 17.5 Å². The summed E-state index contributed by atoms with van der Waals surface area (Å²) in [6, 6.07) is 2.08. The van der Waals surface area contributed by atoms with Gasteiger partial charge in [-0.05, 0) is 6.07 Å². The van der Waals surface area contributed by atoms with E-state index in [-0.39, 0.29) is 6.04 Å². The van der Waals surface area contributed by atoms with E-state index in [0.717, 1.165) is 15.0 Å². The van der Waals surface area contributed by atoms with Gasteiger partial charge in [-0.15, -0.1) is 23.1 Å². The first kappa shape index (κ1) is 12.4. The highest BCUT2D eigenvalue weighted by molar-refractivity contribution is 8.12. The summed E-state index contributed by atoms with van der Waals surface area (Å²) < 4.78 is 0.800. The Balaban J connectivity index is 2.19. The molecule has 0 saturated heterocycles. The fourth-order valence-electron chi connectivity index (χ4n) is 2.08. The molecule has 0 fully saturated rings. The Morgan fingerprint density at radius 3 is 2.89 bits per heavy atom. The second kappa shape index (κ2) is 4.50. The monoisotopic (exact) mass is 292 g/mol. The largest absolute Gasteiger partial charge is 0.383 e. The molecule has 3 heterocycles. The first-order chi connectivity index (χ1) is 9.08. The van der Waals surface area contributed by atoms with Crippen molar-refractivity contribution >= 4 is 50.5 Å². The predicted molar refractivity (Wildman–Crippen MR) is 80.8 cm³/mol. The Labute approximate surface area is 118 Å². The van der Waals surface area contributed by atoms with Crippen molar-refractivity contribution < 1.29 is 4.79 Å². The number of nitrogens with zero attached hydrogens (tertiary/aromatic N) is 2. The van der Waals surface area contributed by atoms with Crippen LogP contribution < -0.4 is 11.5 Å². The molecule has 1 amide bonds. The number of anilines is 1. The number of aromatic nitrogens is 1. The van der Waals surface area contributed by atoms with E-state index < -0.39 is 5.91 Å². The van der Waals surface area contributed by atoms with Crippen LogP contribution in [0.2, 0.25) is 0 Å². The van der Waals surface area contributed by atoms with Gasteiger partial charge in [0.05, 0.1) is 21.9 Å². The maximum absolute atomic E-state index is 11.4. The van der Waals surface area contributed by atoms with Crippen LogP contribution in [0.15, 0.2) is 17.3 Å². The van der Waals surface area contributed by atoms with Crippen LogP contribution in [0.3, 0.4) is 0 Å². The summed E-state index contributed by atoms with van der Waals surface area (Å²) in [6.07, 6.45) is 1.44. The molecule has 0 aliphatic carbocycles. The summed E-state index contributed by atoms with van der Waals surface area (Å²) in [5.41, 5.74) is 13.5. The maximum atomic E-state index is 11.4. The smallest absolute Gasteiger partial charge is 0.251 e. The number of nitrogens with two attached hydrogens (primary N) is 2. The number of thioether (sulfide) groups is 1.